The highest BCUT2D eigenvalue weighted by molar-refractivity contribution is 5.68. The van der Waals surface area contributed by atoms with Gasteiger partial charge in [0.2, 0.25) is 0 Å². The third kappa shape index (κ3) is 3.45. The topological polar surface area (TPSA) is 62.7 Å². The molecular weight excluding hydrogens is 263 g/mol. The predicted molar refractivity (Wildman–Crippen MR) is 70.7 cm³/mol. The molecule has 0 aliphatic carbocycles. The Hall–Kier alpha value is -1.69. The van der Waals surface area contributed by atoms with E-state index in [9.17, 15) is 14.3 Å². The summed E-state index contributed by atoms with van der Waals surface area (Å²) in [7, 11) is 0. The quantitative estimate of drug-likeness (QED) is 0.854. The van der Waals surface area contributed by atoms with Crippen molar-refractivity contribution >= 4 is 6.09 Å². The van der Waals surface area contributed by atoms with E-state index in [0.717, 1.165) is 6.20 Å². The van der Waals surface area contributed by atoms with Gasteiger partial charge in [-0.1, -0.05) is 0 Å². The van der Waals surface area contributed by atoms with Crippen LogP contribution in [0.15, 0.2) is 18.5 Å². The lowest BCUT2D eigenvalue weighted by Crippen LogP contribution is -2.35. The monoisotopic (exact) mass is 282 g/mol. The molecular formula is C14H19FN2O3. The van der Waals surface area contributed by atoms with Gasteiger partial charge in [-0.2, -0.15) is 0 Å². The summed E-state index contributed by atoms with van der Waals surface area (Å²) < 4.78 is 18.4. The Kier molecular flexibility index (Phi) is 3.94. The maximum absolute atomic E-state index is 13.2. The van der Waals surface area contributed by atoms with Crippen LogP contribution in [0, 0.1) is 5.82 Å². The third-order valence-electron chi connectivity index (χ3n) is 3.09. The first kappa shape index (κ1) is 14.7. The van der Waals surface area contributed by atoms with Crippen molar-refractivity contribution in [1.82, 2.24) is 9.88 Å². The number of likely N-dealkylation sites (tertiary alicyclic amines) is 1. The number of carbonyl (C=O) groups is 1. The van der Waals surface area contributed by atoms with Crippen molar-refractivity contribution in [3.05, 3.63) is 29.8 Å². The lowest BCUT2D eigenvalue weighted by molar-refractivity contribution is 0.0270. The van der Waals surface area contributed by atoms with Crippen molar-refractivity contribution in [3.8, 4) is 0 Å². The Labute approximate surface area is 117 Å². The van der Waals surface area contributed by atoms with Gasteiger partial charge in [-0.15, -0.1) is 0 Å². The van der Waals surface area contributed by atoms with E-state index < -0.39 is 23.6 Å². The van der Waals surface area contributed by atoms with Crippen LogP contribution in [0.4, 0.5) is 9.18 Å². The molecule has 20 heavy (non-hydrogen) atoms. The molecule has 6 heteroatoms. The van der Waals surface area contributed by atoms with E-state index in [1.807, 2.05) is 0 Å². The number of ether oxygens (including phenoxy) is 1. The Balaban J connectivity index is 2.07. The summed E-state index contributed by atoms with van der Waals surface area (Å²) in [5.41, 5.74) is 0.00382. The highest BCUT2D eigenvalue weighted by Crippen LogP contribution is 2.28. The molecule has 0 bridgehead atoms. The minimum absolute atomic E-state index is 0.177. The lowest BCUT2D eigenvalue weighted by atomic mass is 9.98. The summed E-state index contributed by atoms with van der Waals surface area (Å²) in [5, 5.41) is 10.1. The molecule has 0 aromatic carbocycles. The second-order valence-electron chi connectivity index (χ2n) is 6.00. The molecule has 0 spiro atoms. The van der Waals surface area contributed by atoms with Crippen LogP contribution in [-0.2, 0) is 4.74 Å². The second-order valence-corrected chi connectivity index (χ2v) is 6.00. The molecule has 1 saturated heterocycles. The van der Waals surface area contributed by atoms with E-state index in [1.54, 1.807) is 20.8 Å². The van der Waals surface area contributed by atoms with Crippen molar-refractivity contribution in [2.24, 2.45) is 0 Å². The number of carbonyl (C=O) groups excluding carboxylic acids is 1. The molecule has 2 rings (SSSR count). The minimum Gasteiger partial charge on any atom is -0.444 e. The van der Waals surface area contributed by atoms with Crippen molar-refractivity contribution in [2.45, 2.75) is 38.4 Å². The number of pyridine rings is 1. The van der Waals surface area contributed by atoms with Crippen molar-refractivity contribution < 1.29 is 19.0 Å². The van der Waals surface area contributed by atoms with E-state index in [2.05, 4.69) is 4.98 Å². The normalized spacial score (nSPS) is 22.9. The largest absolute Gasteiger partial charge is 0.444 e. The third-order valence-corrected chi connectivity index (χ3v) is 3.09. The first-order valence-corrected chi connectivity index (χ1v) is 6.53. The molecule has 1 aliphatic heterocycles. The van der Waals surface area contributed by atoms with Crippen LogP contribution in [0.3, 0.4) is 0 Å². The standard InChI is InChI=1S/C14H19FN2O3/c1-14(2,3)20-13(19)17-7-11(12(18)8-17)9-4-10(15)6-16-5-9/h4-6,11-12,18H,7-8H2,1-3H3/t11-,12+/m0/s1. The molecule has 1 N–H and O–H groups in total. The molecule has 110 valence electrons. The van der Waals surface area contributed by atoms with Crippen molar-refractivity contribution in [1.29, 1.82) is 0 Å². The van der Waals surface area contributed by atoms with Crippen LogP contribution >= 0.6 is 0 Å². The van der Waals surface area contributed by atoms with E-state index in [0.29, 0.717) is 12.1 Å². The molecule has 1 aromatic rings. The number of halogens is 1. The van der Waals surface area contributed by atoms with Gasteiger partial charge in [0.1, 0.15) is 11.4 Å². The van der Waals surface area contributed by atoms with Gasteiger partial charge in [0.05, 0.1) is 18.8 Å². The van der Waals surface area contributed by atoms with Crippen molar-refractivity contribution in [3.63, 3.8) is 0 Å². The number of hydrogen-bond donors (Lipinski definition) is 1. The number of aliphatic hydroxyl groups excluding tert-OH is 1. The summed E-state index contributed by atoms with van der Waals surface area (Å²) in [6.45, 7) is 5.82. The zero-order chi connectivity index (χ0) is 14.9. The lowest BCUT2D eigenvalue weighted by Gasteiger charge is -2.24. The average molecular weight is 282 g/mol. The molecule has 0 radical (unpaired) electrons. The van der Waals surface area contributed by atoms with Crippen LogP contribution in [-0.4, -0.2) is 45.9 Å². The van der Waals surface area contributed by atoms with E-state index in [1.165, 1.54) is 17.2 Å². The number of aromatic nitrogens is 1. The summed E-state index contributed by atoms with van der Waals surface area (Å²) in [6.07, 6.45) is 1.40. The van der Waals surface area contributed by atoms with Crippen LogP contribution < -0.4 is 0 Å². The molecule has 1 fully saturated rings. The maximum atomic E-state index is 13.2. The zero-order valence-electron chi connectivity index (χ0n) is 11.8. The summed E-state index contributed by atoms with van der Waals surface area (Å²) in [5.74, 6) is -0.795. The van der Waals surface area contributed by atoms with Crippen molar-refractivity contribution in [2.75, 3.05) is 13.1 Å². The molecule has 1 amide bonds. The van der Waals surface area contributed by atoms with Gasteiger partial charge in [-0.05, 0) is 32.4 Å². The number of β-amino-alcohol motifs (C(OH)–C–C–N with tert-alkyl or cyclic N) is 1. The van der Waals surface area contributed by atoms with E-state index in [-0.39, 0.29) is 12.5 Å². The highest BCUT2D eigenvalue weighted by Gasteiger charge is 2.37. The van der Waals surface area contributed by atoms with Gasteiger partial charge < -0.3 is 14.7 Å². The highest BCUT2D eigenvalue weighted by atomic mass is 19.1. The summed E-state index contributed by atoms with van der Waals surface area (Å²) >= 11 is 0. The SMILES string of the molecule is CC(C)(C)OC(=O)N1C[C@@H](O)[C@H](c2cncc(F)c2)C1. The molecule has 2 heterocycles. The Morgan fingerprint density at radius 1 is 1.45 bits per heavy atom. The second kappa shape index (κ2) is 5.36. The first-order chi connectivity index (χ1) is 9.26. The van der Waals surface area contributed by atoms with Crippen LogP contribution in [0.5, 0.6) is 0 Å². The first-order valence-electron chi connectivity index (χ1n) is 6.53. The van der Waals surface area contributed by atoms with Crippen LogP contribution in [0.2, 0.25) is 0 Å². The van der Waals surface area contributed by atoms with Crippen LogP contribution in [0.1, 0.15) is 32.3 Å². The maximum Gasteiger partial charge on any atom is 0.410 e. The van der Waals surface area contributed by atoms with Gasteiger partial charge in [-0.3, -0.25) is 4.98 Å². The van der Waals surface area contributed by atoms with Gasteiger partial charge >= 0.3 is 6.09 Å². The van der Waals surface area contributed by atoms with Gasteiger partial charge in [-0.25, -0.2) is 9.18 Å². The number of nitrogens with zero attached hydrogens (tertiary/aromatic N) is 2. The Morgan fingerprint density at radius 3 is 2.75 bits per heavy atom. The number of rotatable bonds is 1. The fourth-order valence-corrected chi connectivity index (χ4v) is 2.22. The molecule has 0 saturated carbocycles. The molecule has 2 atom stereocenters. The number of amides is 1. The van der Waals surface area contributed by atoms with Gasteiger partial charge in [0.15, 0.2) is 0 Å². The molecule has 1 aliphatic rings. The number of hydrogen-bond acceptors (Lipinski definition) is 4. The number of aliphatic hydroxyl groups is 1. The molecule has 5 nitrogen and oxygen atoms in total. The smallest absolute Gasteiger partial charge is 0.410 e. The fourth-order valence-electron chi connectivity index (χ4n) is 2.22. The summed E-state index contributed by atoms with van der Waals surface area (Å²) in [4.78, 5) is 17.2. The van der Waals surface area contributed by atoms with E-state index in [4.69, 9.17) is 4.74 Å². The zero-order valence-corrected chi connectivity index (χ0v) is 11.8. The molecule has 1 aromatic heterocycles. The fraction of sp³-hybridized carbons (Fsp3) is 0.571. The average Bonchev–Trinajstić information content (AvgIpc) is 2.69. The molecule has 0 unspecified atom stereocenters. The Morgan fingerprint density at radius 2 is 2.15 bits per heavy atom. The van der Waals surface area contributed by atoms with Gasteiger partial charge in [0.25, 0.3) is 0 Å². The van der Waals surface area contributed by atoms with Crippen LogP contribution in [0.25, 0.3) is 0 Å². The minimum atomic E-state index is -0.744. The summed E-state index contributed by atoms with van der Waals surface area (Å²) in [6, 6.07) is 1.33. The van der Waals surface area contributed by atoms with Gasteiger partial charge in [0, 0.05) is 18.7 Å². The Bertz CT molecular complexity index is 501. The van der Waals surface area contributed by atoms with E-state index >= 15 is 0 Å². The predicted octanol–water partition coefficient (Wildman–Crippen LogP) is 1.92.